The zero-order valence-corrected chi connectivity index (χ0v) is 16.7. The van der Waals surface area contributed by atoms with Crippen molar-refractivity contribution in [2.24, 2.45) is 0 Å². The van der Waals surface area contributed by atoms with Gasteiger partial charge in [-0.2, -0.15) is 5.26 Å². The van der Waals surface area contributed by atoms with E-state index in [9.17, 15) is 25.0 Å². The molecule has 31 heavy (non-hydrogen) atoms. The molecule has 0 spiro atoms. The fraction of sp³-hybridized carbons (Fsp3) is 0.150. The van der Waals surface area contributed by atoms with Gasteiger partial charge < -0.3 is 19.5 Å². The fourth-order valence-corrected chi connectivity index (χ4v) is 2.76. The predicted octanol–water partition coefficient (Wildman–Crippen LogP) is 3.45. The van der Waals surface area contributed by atoms with Gasteiger partial charge in [0.2, 0.25) is 6.79 Å². The van der Waals surface area contributed by atoms with Crippen LogP contribution in [0, 0.1) is 21.4 Å². The molecule has 0 saturated carbocycles. The number of nitro benzene ring substituents is 1. The molecule has 1 aliphatic heterocycles. The lowest BCUT2D eigenvalue weighted by molar-refractivity contribution is -0.384. The molecule has 0 saturated heterocycles. The highest BCUT2D eigenvalue weighted by Crippen LogP contribution is 2.33. The van der Waals surface area contributed by atoms with Crippen LogP contribution in [0.1, 0.15) is 12.5 Å². The van der Waals surface area contributed by atoms with Crippen molar-refractivity contribution in [3.05, 3.63) is 62.7 Å². The molecule has 1 heterocycles. The molecular formula is C20H14ClN3O7. The van der Waals surface area contributed by atoms with Crippen LogP contribution in [0.2, 0.25) is 5.02 Å². The van der Waals surface area contributed by atoms with Crippen LogP contribution in [0.5, 0.6) is 11.5 Å². The van der Waals surface area contributed by atoms with Gasteiger partial charge in [-0.25, -0.2) is 4.79 Å². The second-order valence-corrected chi connectivity index (χ2v) is 6.65. The van der Waals surface area contributed by atoms with Crippen LogP contribution in [0.25, 0.3) is 6.08 Å². The number of hydrogen-bond acceptors (Lipinski definition) is 8. The average molecular weight is 444 g/mol. The smallest absolute Gasteiger partial charge is 0.349 e. The maximum Gasteiger partial charge on any atom is 0.349 e. The normalized spacial score (nSPS) is 13.1. The van der Waals surface area contributed by atoms with Crippen LogP contribution < -0.4 is 14.8 Å². The van der Waals surface area contributed by atoms with E-state index in [1.807, 2.05) is 0 Å². The number of halogens is 1. The highest BCUT2D eigenvalue weighted by molar-refractivity contribution is 6.34. The Bertz CT molecular complexity index is 1140. The van der Waals surface area contributed by atoms with Crippen molar-refractivity contribution in [2.75, 3.05) is 12.1 Å². The van der Waals surface area contributed by atoms with Gasteiger partial charge in [-0.15, -0.1) is 0 Å². The Hall–Kier alpha value is -4.10. The highest BCUT2D eigenvalue weighted by atomic mass is 35.5. The van der Waals surface area contributed by atoms with E-state index in [2.05, 4.69) is 5.32 Å². The molecule has 1 unspecified atom stereocenters. The summed E-state index contributed by atoms with van der Waals surface area (Å²) in [6, 6.07) is 10.1. The van der Waals surface area contributed by atoms with Crippen LogP contribution in [-0.4, -0.2) is 29.7 Å². The molecule has 1 aliphatic rings. The lowest BCUT2D eigenvalue weighted by atomic mass is 10.1. The molecular weight excluding hydrogens is 430 g/mol. The Balaban J connectivity index is 1.66. The Labute approximate surface area is 180 Å². The zero-order valence-electron chi connectivity index (χ0n) is 16.0. The van der Waals surface area contributed by atoms with Gasteiger partial charge in [0.15, 0.2) is 17.6 Å². The van der Waals surface area contributed by atoms with E-state index >= 15 is 0 Å². The number of nitro groups is 1. The molecule has 0 radical (unpaired) electrons. The predicted molar refractivity (Wildman–Crippen MR) is 108 cm³/mol. The number of nitrogens with one attached hydrogen (secondary N) is 1. The Kier molecular flexibility index (Phi) is 6.37. The summed E-state index contributed by atoms with van der Waals surface area (Å²) in [5.41, 5.74) is 0.0470. The molecule has 2 aromatic rings. The second kappa shape index (κ2) is 9.15. The van der Waals surface area contributed by atoms with E-state index in [4.69, 9.17) is 25.8 Å². The largest absolute Gasteiger partial charge is 0.454 e. The standard InChI is InChI=1S/C20H14ClN3O7/c1-11(19(25)23-16-4-3-14(24(27)28)8-15(16)21)31-20(26)13(9-22)6-12-2-5-17-18(7-12)30-10-29-17/h2-8,11H,10H2,1H3,(H,23,25)/b13-6-. The van der Waals surface area contributed by atoms with E-state index in [-0.39, 0.29) is 28.8 Å². The molecule has 0 aliphatic carbocycles. The Morgan fingerprint density at radius 2 is 2.03 bits per heavy atom. The quantitative estimate of drug-likeness (QED) is 0.235. The zero-order chi connectivity index (χ0) is 22.5. The van der Waals surface area contributed by atoms with Gasteiger partial charge in [-0.3, -0.25) is 14.9 Å². The maximum absolute atomic E-state index is 12.3. The minimum Gasteiger partial charge on any atom is -0.454 e. The topological polar surface area (TPSA) is 141 Å². The van der Waals surface area contributed by atoms with E-state index in [0.717, 1.165) is 6.07 Å². The summed E-state index contributed by atoms with van der Waals surface area (Å²) in [7, 11) is 0. The number of fused-ring (bicyclic) bond motifs is 1. The molecule has 0 fully saturated rings. The number of benzene rings is 2. The van der Waals surface area contributed by atoms with E-state index < -0.39 is 22.9 Å². The molecule has 158 valence electrons. The minimum absolute atomic E-state index is 0.0542. The van der Waals surface area contributed by atoms with Crippen molar-refractivity contribution in [1.82, 2.24) is 0 Å². The molecule has 0 bridgehead atoms. The number of ether oxygens (including phenoxy) is 3. The molecule has 2 aromatic carbocycles. The lowest BCUT2D eigenvalue weighted by Gasteiger charge is -2.14. The van der Waals surface area contributed by atoms with Crippen molar-refractivity contribution < 1.29 is 28.7 Å². The number of carbonyl (C=O) groups is 2. The number of amides is 1. The van der Waals surface area contributed by atoms with Crippen LogP contribution >= 0.6 is 11.6 Å². The number of esters is 1. The van der Waals surface area contributed by atoms with Gasteiger partial charge in [0.25, 0.3) is 11.6 Å². The first kappa shape index (κ1) is 21.6. The molecule has 10 nitrogen and oxygen atoms in total. The van der Waals surface area contributed by atoms with E-state index in [1.54, 1.807) is 24.3 Å². The molecule has 3 rings (SSSR count). The first-order valence-electron chi connectivity index (χ1n) is 8.75. The highest BCUT2D eigenvalue weighted by Gasteiger charge is 2.22. The van der Waals surface area contributed by atoms with E-state index in [0.29, 0.717) is 17.1 Å². The summed E-state index contributed by atoms with van der Waals surface area (Å²) in [6.07, 6.45) is 0.0227. The third-order valence-electron chi connectivity index (χ3n) is 4.12. The van der Waals surface area contributed by atoms with E-state index in [1.165, 1.54) is 25.1 Å². The number of nitriles is 1. The number of anilines is 1. The number of nitrogens with zero attached hydrogens (tertiary/aromatic N) is 2. The summed E-state index contributed by atoms with van der Waals surface area (Å²) in [4.78, 5) is 34.7. The molecule has 1 atom stereocenters. The number of non-ortho nitro benzene ring substituents is 1. The summed E-state index contributed by atoms with van der Waals surface area (Å²) in [5.74, 6) is -0.706. The maximum atomic E-state index is 12.3. The SMILES string of the molecule is CC(OC(=O)/C(C#N)=C\c1ccc2c(c1)OCO2)C(=O)Nc1ccc([N+](=O)[O-])cc1Cl. The minimum atomic E-state index is -1.27. The van der Waals surface area contributed by atoms with Crippen molar-refractivity contribution in [3.8, 4) is 17.6 Å². The summed E-state index contributed by atoms with van der Waals surface area (Å²) in [5, 5.41) is 22.4. The first-order valence-corrected chi connectivity index (χ1v) is 9.13. The summed E-state index contributed by atoms with van der Waals surface area (Å²) < 4.78 is 15.5. The Morgan fingerprint density at radius 3 is 2.71 bits per heavy atom. The molecule has 1 N–H and O–H groups in total. The number of carbonyl (C=O) groups excluding carboxylic acids is 2. The third kappa shape index (κ3) is 5.09. The van der Waals surface area contributed by atoms with Crippen LogP contribution in [0.15, 0.2) is 42.0 Å². The second-order valence-electron chi connectivity index (χ2n) is 6.24. The summed E-state index contributed by atoms with van der Waals surface area (Å²) >= 11 is 5.93. The van der Waals surface area contributed by atoms with Crippen molar-refractivity contribution >= 4 is 40.9 Å². The van der Waals surface area contributed by atoms with Crippen LogP contribution in [0.3, 0.4) is 0 Å². The molecule has 1 amide bonds. The van der Waals surface area contributed by atoms with Gasteiger partial charge in [0.05, 0.1) is 15.6 Å². The lowest BCUT2D eigenvalue weighted by Crippen LogP contribution is -2.30. The first-order chi connectivity index (χ1) is 14.8. The van der Waals surface area contributed by atoms with Crippen molar-refractivity contribution in [1.29, 1.82) is 5.26 Å². The van der Waals surface area contributed by atoms with Gasteiger partial charge >= 0.3 is 5.97 Å². The third-order valence-corrected chi connectivity index (χ3v) is 4.44. The van der Waals surface area contributed by atoms with Gasteiger partial charge in [-0.05, 0) is 36.8 Å². The summed E-state index contributed by atoms with van der Waals surface area (Å²) in [6.45, 7) is 1.39. The average Bonchev–Trinajstić information content (AvgIpc) is 3.20. The molecule has 11 heteroatoms. The van der Waals surface area contributed by atoms with Crippen molar-refractivity contribution in [2.45, 2.75) is 13.0 Å². The van der Waals surface area contributed by atoms with Gasteiger partial charge in [0.1, 0.15) is 11.6 Å². The van der Waals surface area contributed by atoms with Gasteiger partial charge in [0, 0.05) is 12.1 Å². The Morgan fingerprint density at radius 1 is 1.29 bits per heavy atom. The van der Waals surface area contributed by atoms with Gasteiger partial charge in [-0.1, -0.05) is 17.7 Å². The van der Waals surface area contributed by atoms with Crippen molar-refractivity contribution in [3.63, 3.8) is 0 Å². The number of hydrogen-bond donors (Lipinski definition) is 1. The monoisotopic (exact) mass is 443 g/mol. The van der Waals surface area contributed by atoms with Crippen LogP contribution in [-0.2, 0) is 14.3 Å². The fourth-order valence-electron chi connectivity index (χ4n) is 2.54. The number of rotatable bonds is 6. The van der Waals surface area contributed by atoms with Crippen LogP contribution in [0.4, 0.5) is 11.4 Å². The molecule has 0 aromatic heterocycles.